The number of fused-ring (bicyclic) bond motifs is 1. The van der Waals surface area contributed by atoms with Crippen molar-refractivity contribution in [2.45, 2.75) is 44.8 Å². The molecule has 186 valence electrons. The maximum absolute atomic E-state index is 13.8. The summed E-state index contributed by atoms with van der Waals surface area (Å²) in [6.07, 6.45) is -13.2. The van der Waals surface area contributed by atoms with Crippen LogP contribution in [0.15, 0.2) is 30.3 Å². The van der Waals surface area contributed by atoms with Crippen molar-refractivity contribution >= 4 is 11.8 Å². The first-order chi connectivity index (χ1) is 15.6. The molecule has 0 amide bonds. The van der Waals surface area contributed by atoms with Gasteiger partial charge in [-0.25, -0.2) is 9.78 Å². The number of hydroxylamine groups is 1. The van der Waals surface area contributed by atoms with Gasteiger partial charge in [-0.2, -0.15) is 31.4 Å². The van der Waals surface area contributed by atoms with Crippen molar-refractivity contribution < 1.29 is 40.7 Å². The predicted octanol–water partition coefficient (Wildman–Crippen LogP) is 3.53. The average molecular weight is 493 g/mol. The number of pyridine rings is 1. The van der Waals surface area contributed by atoms with Crippen molar-refractivity contribution in [2.24, 2.45) is 11.5 Å². The average Bonchev–Trinajstić information content (AvgIpc) is 2.72. The second kappa shape index (κ2) is 8.92. The maximum atomic E-state index is 13.8. The molecule has 1 aromatic carbocycles. The third kappa shape index (κ3) is 4.88. The second-order valence-corrected chi connectivity index (χ2v) is 7.68. The second-order valence-electron chi connectivity index (χ2n) is 7.68. The monoisotopic (exact) mass is 493 g/mol. The fraction of sp³-hybridized carbons (Fsp3) is 0.400. The Morgan fingerprint density at radius 3 is 2.29 bits per heavy atom. The van der Waals surface area contributed by atoms with Gasteiger partial charge in [0.25, 0.3) is 0 Å². The number of rotatable bonds is 4. The summed E-state index contributed by atoms with van der Waals surface area (Å²) >= 11 is 0. The minimum Gasteiger partial charge on any atom is -0.490 e. The first-order valence-corrected chi connectivity index (χ1v) is 9.82. The van der Waals surface area contributed by atoms with Crippen LogP contribution in [0.25, 0.3) is 11.3 Å². The van der Waals surface area contributed by atoms with Crippen molar-refractivity contribution in [3.05, 3.63) is 41.5 Å². The van der Waals surface area contributed by atoms with Crippen LogP contribution in [-0.4, -0.2) is 41.5 Å². The van der Waals surface area contributed by atoms with Crippen molar-refractivity contribution in [3.8, 4) is 17.0 Å². The van der Waals surface area contributed by atoms with Crippen LogP contribution in [0, 0.1) is 0 Å². The number of nitrogens with two attached hydrogens (primary N) is 2. The molecule has 2 atom stereocenters. The fourth-order valence-corrected chi connectivity index (χ4v) is 3.30. The van der Waals surface area contributed by atoms with Crippen LogP contribution in [0.1, 0.15) is 31.1 Å². The molecule has 2 unspecified atom stereocenters. The molecule has 0 saturated carbocycles. The molecule has 1 aliphatic rings. The van der Waals surface area contributed by atoms with Crippen LogP contribution in [-0.2, 0) is 15.8 Å². The summed E-state index contributed by atoms with van der Waals surface area (Å²) in [5, 5.41) is 0.358. The normalized spacial score (nSPS) is 19.2. The van der Waals surface area contributed by atoms with Crippen LogP contribution >= 0.6 is 0 Å². The van der Waals surface area contributed by atoms with Crippen LogP contribution in [0.2, 0.25) is 0 Å². The fourth-order valence-electron chi connectivity index (χ4n) is 3.30. The number of hydrogen-bond donors (Lipinski definition) is 2. The SMILES string of the molecule is CC(C)Oc1cccc(C(F)(F)F)c1-c1ccc2c(n1)N(OC(=O)C(F)(F)F)C(N)N(C)C2N. The van der Waals surface area contributed by atoms with Crippen LogP contribution in [0.4, 0.5) is 32.2 Å². The molecule has 0 aliphatic carbocycles. The largest absolute Gasteiger partial charge is 0.493 e. The number of anilines is 1. The van der Waals surface area contributed by atoms with Gasteiger partial charge in [-0.05, 0) is 39.1 Å². The molecule has 0 fully saturated rings. The van der Waals surface area contributed by atoms with Gasteiger partial charge in [0, 0.05) is 5.56 Å². The van der Waals surface area contributed by atoms with E-state index in [0.29, 0.717) is 5.06 Å². The van der Waals surface area contributed by atoms with Crippen molar-refractivity contribution in [2.75, 3.05) is 12.1 Å². The number of carbonyl (C=O) groups is 1. The summed E-state index contributed by atoms with van der Waals surface area (Å²) in [7, 11) is 1.36. The van der Waals surface area contributed by atoms with E-state index >= 15 is 0 Å². The topological polar surface area (TPSA) is 107 Å². The zero-order valence-corrected chi connectivity index (χ0v) is 18.1. The standard InChI is InChI=1S/C20H21F6N5O3/c1-9(2)33-13-6-4-5-11(19(21,22)23)14(13)12-8-7-10-15(27)30(3)18(28)31(16(10)29-12)34-17(32)20(24,25)26/h4-9,15,18H,27-28H2,1-3H3. The molecule has 1 aliphatic heterocycles. The Morgan fingerprint density at radius 2 is 1.74 bits per heavy atom. The minimum absolute atomic E-state index is 0.0683. The molecule has 1 aromatic heterocycles. The lowest BCUT2D eigenvalue weighted by molar-refractivity contribution is -0.204. The maximum Gasteiger partial charge on any atom is 0.493 e. The molecule has 0 radical (unpaired) electrons. The first-order valence-electron chi connectivity index (χ1n) is 9.82. The Kier molecular flexibility index (Phi) is 6.70. The van der Waals surface area contributed by atoms with Crippen molar-refractivity contribution in [1.82, 2.24) is 9.88 Å². The third-order valence-electron chi connectivity index (χ3n) is 4.89. The van der Waals surface area contributed by atoms with Gasteiger partial charge in [0.15, 0.2) is 12.1 Å². The highest BCUT2D eigenvalue weighted by atomic mass is 19.4. The molecule has 0 bridgehead atoms. The summed E-state index contributed by atoms with van der Waals surface area (Å²) in [5.74, 6) is -3.19. The van der Waals surface area contributed by atoms with Crippen molar-refractivity contribution in [1.29, 1.82) is 0 Å². The van der Waals surface area contributed by atoms with E-state index < -0.39 is 53.8 Å². The molecule has 14 heteroatoms. The number of halogens is 6. The Hall–Kier alpha value is -3.10. The van der Waals surface area contributed by atoms with Gasteiger partial charge in [-0.1, -0.05) is 12.1 Å². The van der Waals surface area contributed by atoms with Gasteiger partial charge in [-0.15, -0.1) is 0 Å². The van der Waals surface area contributed by atoms with E-state index in [-0.39, 0.29) is 17.0 Å². The molecule has 3 rings (SSSR count). The number of nitrogens with zero attached hydrogens (tertiary/aromatic N) is 3. The van der Waals surface area contributed by atoms with Gasteiger partial charge in [0.2, 0.25) is 0 Å². The highest BCUT2D eigenvalue weighted by Gasteiger charge is 2.46. The highest BCUT2D eigenvalue weighted by Crippen LogP contribution is 2.44. The molecule has 34 heavy (non-hydrogen) atoms. The number of aromatic nitrogens is 1. The summed E-state index contributed by atoms with van der Waals surface area (Å²) in [6, 6.07) is 5.76. The summed E-state index contributed by atoms with van der Waals surface area (Å²) in [4.78, 5) is 21.2. The Labute approximate surface area is 190 Å². The van der Waals surface area contributed by atoms with Crippen molar-refractivity contribution in [3.63, 3.8) is 0 Å². The molecule has 2 heterocycles. The predicted molar refractivity (Wildman–Crippen MR) is 108 cm³/mol. The van der Waals surface area contributed by atoms with Gasteiger partial charge in [0.1, 0.15) is 5.75 Å². The van der Waals surface area contributed by atoms with Gasteiger partial charge in [0.05, 0.1) is 29.1 Å². The van der Waals surface area contributed by atoms with E-state index in [1.54, 1.807) is 13.8 Å². The van der Waals surface area contributed by atoms with Crippen LogP contribution < -0.4 is 21.3 Å². The van der Waals surface area contributed by atoms with Gasteiger partial charge >= 0.3 is 18.3 Å². The van der Waals surface area contributed by atoms with E-state index in [1.165, 1.54) is 30.1 Å². The van der Waals surface area contributed by atoms with Gasteiger partial charge < -0.3 is 15.3 Å². The van der Waals surface area contributed by atoms with Crippen LogP contribution in [0.3, 0.4) is 0 Å². The Balaban J connectivity index is 2.23. The molecule has 8 nitrogen and oxygen atoms in total. The third-order valence-corrected chi connectivity index (χ3v) is 4.89. The molecule has 0 spiro atoms. The van der Waals surface area contributed by atoms with Gasteiger partial charge in [-0.3, -0.25) is 10.6 Å². The summed E-state index contributed by atoms with van der Waals surface area (Å²) < 4.78 is 85.5. The molecule has 2 aromatic rings. The van der Waals surface area contributed by atoms with Crippen LogP contribution in [0.5, 0.6) is 5.75 Å². The minimum atomic E-state index is -5.36. The van der Waals surface area contributed by atoms with E-state index in [9.17, 15) is 31.1 Å². The van der Waals surface area contributed by atoms with E-state index in [4.69, 9.17) is 16.2 Å². The molecule has 0 saturated heterocycles. The molecule has 4 N–H and O–H groups in total. The Bertz CT molecular complexity index is 1080. The Morgan fingerprint density at radius 1 is 1.09 bits per heavy atom. The highest BCUT2D eigenvalue weighted by molar-refractivity contribution is 5.78. The quantitative estimate of drug-likeness (QED) is 0.624. The first kappa shape index (κ1) is 25.5. The van der Waals surface area contributed by atoms with E-state index in [0.717, 1.165) is 12.1 Å². The lowest BCUT2D eigenvalue weighted by Crippen LogP contribution is -2.60. The summed E-state index contributed by atoms with van der Waals surface area (Å²) in [5.41, 5.74) is 10.2. The molecular weight excluding hydrogens is 472 g/mol. The van der Waals surface area contributed by atoms with E-state index in [1.807, 2.05) is 0 Å². The zero-order valence-electron chi connectivity index (χ0n) is 18.1. The number of alkyl halides is 6. The number of benzene rings is 1. The number of ether oxygens (including phenoxy) is 1. The van der Waals surface area contributed by atoms with E-state index in [2.05, 4.69) is 9.82 Å². The number of hydrogen-bond acceptors (Lipinski definition) is 8. The smallest absolute Gasteiger partial charge is 0.490 e. The lowest BCUT2D eigenvalue weighted by atomic mass is 10.0. The lowest BCUT2D eigenvalue weighted by Gasteiger charge is -2.42. The number of carbonyl (C=O) groups excluding carboxylic acids is 1. The summed E-state index contributed by atoms with van der Waals surface area (Å²) in [6.45, 7) is 3.22. The zero-order chi connectivity index (χ0) is 25.6. The molecular formula is C20H21F6N5O3.